The highest BCUT2D eigenvalue weighted by Crippen LogP contribution is 2.49. The van der Waals surface area contributed by atoms with Crippen molar-refractivity contribution < 1.29 is 14.6 Å². The highest BCUT2D eigenvalue weighted by atomic mass is 16.6. The molecule has 2 heterocycles. The maximum atomic E-state index is 12.9. The average molecular weight is 326 g/mol. The molecule has 0 aliphatic carbocycles. The van der Waals surface area contributed by atoms with E-state index in [4.69, 9.17) is 4.74 Å². The minimum Gasteiger partial charge on any atom is -0.392 e. The zero-order valence-electron chi connectivity index (χ0n) is 15.8. The number of likely N-dealkylation sites (tertiary alicyclic amines) is 1. The first-order valence-corrected chi connectivity index (χ1v) is 8.91. The summed E-state index contributed by atoms with van der Waals surface area (Å²) in [6.45, 7) is 15.1. The minimum absolute atomic E-state index is 0.0269. The molecule has 0 bridgehead atoms. The van der Waals surface area contributed by atoms with Crippen LogP contribution in [-0.2, 0) is 9.53 Å². The molecule has 1 amide bonds. The fourth-order valence-electron chi connectivity index (χ4n) is 4.80. The van der Waals surface area contributed by atoms with Gasteiger partial charge in [0.2, 0.25) is 0 Å². The molecule has 1 spiro atoms. The molecule has 2 aliphatic heterocycles. The first-order valence-electron chi connectivity index (χ1n) is 8.91. The van der Waals surface area contributed by atoms with E-state index in [0.29, 0.717) is 19.4 Å². The Morgan fingerprint density at radius 1 is 1.17 bits per heavy atom. The van der Waals surface area contributed by atoms with E-state index in [2.05, 4.69) is 51.8 Å². The number of piperidine rings is 1. The topological polar surface area (TPSA) is 61.8 Å². The van der Waals surface area contributed by atoms with E-state index < -0.39 is 17.4 Å². The summed E-state index contributed by atoms with van der Waals surface area (Å²) in [4.78, 5) is 15.2. The summed E-state index contributed by atoms with van der Waals surface area (Å²) >= 11 is 0. The van der Waals surface area contributed by atoms with Gasteiger partial charge in [-0.3, -0.25) is 9.69 Å². The van der Waals surface area contributed by atoms with Gasteiger partial charge >= 0.3 is 0 Å². The van der Waals surface area contributed by atoms with Crippen molar-refractivity contribution in [1.82, 2.24) is 10.2 Å². The molecule has 0 aromatic rings. The van der Waals surface area contributed by atoms with Crippen LogP contribution in [0.5, 0.6) is 0 Å². The van der Waals surface area contributed by atoms with E-state index in [0.717, 1.165) is 12.8 Å². The Bertz CT molecular complexity index is 449. The Labute approximate surface area is 140 Å². The van der Waals surface area contributed by atoms with Gasteiger partial charge in [0, 0.05) is 30.5 Å². The first kappa shape index (κ1) is 18.7. The van der Waals surface area contributed by atoms with Gasteiger partial charge in [-0.05, 0) is 47.5 Å². The SMILES string of the molecule is CCC1(CC)NC(=O)C2(CC(C)(C)N(CC(C)O)C(C)(C)C2)O1. The quantitative estimate of drug-likeness (QED) is 0.833. The largest absolute Gasteiger partial charge is 0.392 e. The molecular formula is C18H34N2O3. The van der Waals surface area contributed by atoms with Gasteiger partial charge in [-0.25, -0.2) is 0 Å². The van der Waals surface area contributed by atoms with Crippen LogP contribution >= 0.6 is 0 Å². The molecular weight excluding hydrogens is 292 g/mol. The highest BCUT2D eigenvalue weighted by molar-refractivity contribution is 5.88. The lowest BCUT2D eigenvalue weighted by Crippen LogP contribution is -2.68. The van der Waals surface area contributed by atoms with E-state index in [9.17, 15) is 9.90 Å². The molecule has 1 atom stereocenters. The Morgan fingerprint density at radius 2 is 1.65 bits per heavy atom. The van der Waals surface area contributed by atoms with Crippen LogP contribution in [0.3, 0.4) is 0 Å². The lowest BCUT2D eigenvalue weighted by atomic mass is 9.70. The van der Waals surface area contributed by atoms with Gasteiger partial charge in [0.1, 0.15) is 5.72 Å². The molecule has 2 rings (SSSR count). The van der Waals surface area contributed by atoms with Crippen molar-refractivity contribution in [2.24, 2.45) is 0 Å². The fraction of sp³-hybridized carbons (Fsp3) is 0.944. The van der Waals surface area contributed by atoms with Crippen molar-refractivity contribution in [3.05, 3.63) is 0 Å². The number of hydrogen-bond acceptors (Lipinski definition) is 4. The van der Waals surface area contributed by atoms with E-state index in [-0.39, 0.29) is 17.0 Å². The molecule has 2 aliphatic rings. The van der Waals surface area contributed by atoms with Crippen molar-refractivity contribution in [2.75, 3.05) is 6.54 Å². The highest BCUT2D eigenvalue weighted by Gasteiger charge is 2.62. The molecule has 23 heavy (non-hydrogen) atoms. The number of ether oxygens (including phenoxy) is 1. The summed E-state index contributed by atoms with van der Waals surface area (Å²) in [5.74, 6) is 0.0269. The number of aliphatic hydroxyl groups is 1. The average Bonchev–Trinajstić information content (AvgIpc) is 2.66. The molecule has 2 fully saturated rings. The van der Waals surface area contributed by atoms with Crippen LogP contribution in [0.2, 0.25) is 0 Å². The number of β-amino-alcohol motifs (C(OH)–C–C–N with tert-alkyl or cyclic N) is 1. The van der Waals surface area contributed by atoms with Gasteiger partial charge in [-0.15, -0.1) is 0 Å². The lowest BCUT2D eigenvalue weighted by molar-refractivity contribution is -0.191. The molecule has 5 heteroatoms. The standard InChI is InChI=1S/C18H34N2O3/c1-8-18(9-2)19-14(22)17(23-18)11-15(4,5)20(10-13(3)21)16(6,7)12-17/h13,21H,8-12H2,1-7H3,(H,19,22). The molecule has 0 aromatic carbocycles. The Balaban J connectivity index is 2.37. The predicted molar refractivity (Wildman–Crippen MR) is 91.1 cm³/mol. The number of carbonyl (C=O) groups excluding carboxylic acids is 1. The van der Waals surface area contributed by atoms with Gasteiger partial charge < -0.3 is 15.2 Å². The summed E-state index contributed by atoms with van der Waals surface area (Å²) in [5.41, 5.74) is -1.76. The van der Waals surface area contributed by atoms with Crippen LogP contribution < -0.4 is 5.32 Å². The summed E-state index contributed by atoms with van der Waals surface area (Å²) in [6, 6.07) is 0. The normalized spacial score (nSPS) is 29.5. The smallest absolute Gasteiger partial charge is 0.254 e. The number of amides is 1. The van der Waals surface area contributed by atoms with E-state index in [1.54, 1.807) is 0 Å². The minimum atomic E-state index is -0.770. The molecule has 0 radical (unpaired) electrons. The van der Waals surface area contributed by atoms with Crippen molar-refractivity contribution in [3.8, 4) is 0 Å². The summed E-state index contributed by atoms with van der Waals surface area (Å²) in [7, 11) is 0. The second-order valence-electron chi connectivity index (χ2n) is 8.69. The lowest BCUT2D eigenvalue weighted by Gasteiger charge is -2.58. The first-order chi connectivity index (χ1) is 10.4. The van der Waals surface area contributed by atoms with Crippen molar-refractivity contribution in [2.45, 2.75) is 103 Å². The Morgan fingerprint density at radius 3 is 2.00 bits per heavy atom. The monoisotopic (exact) mass is 326 g/mol. The number of nitrogens with one attached hydrogen (secondary N) is 1. The van der Waals surface area contributed by atoms with Gasteiger partial charge in [-0.2, -0.15) is 0 Å². The fourth-order valence-corrected chi connectivity index (χ4v) is 4.80. The third-order valence-corrected chi connectivity index (χ3v) is 5.63. The van der Waals surface area contributed by atoms with Gasteiger partial charge in [0.25, 0.3) is 5.91 Å². The van der Waals surface area contributed by atoms with Crippen molar-refractivity contribution in [3.63, 3.8) is 0 Å². The van der Waals surface area contributed by atoms with Gasteiger partial charge in [0.15, 0.2) is 5.60 Å². The third-order valence-electron chi connectivity index (χ3n) is 5.63. The van der Waals surface area contributed by atoms with Gasteiger partial charge in [0.05, 0.1) is 6.10 Å². The maximum Gasteiger partial charge on any atom is 0.254 e. The van der Waals surface area contributed by atoms with Crippen LogP contribution in [0.25, 0.3) is 0 Å². The predicted octanol–water partition coefficient (Wildman–Crippen LogP) is 2.42. The second kappa shape index (κ2) is 5.71. The number of aliphatic hydroxyl groups excluding tert-OH is 1. The summed E-state index contributed by atoms with van der Waals surface area (Å²) < 4.78 is 6.46. The second-order valence-corrected chi connectivity index (χ2v) is 8.69. The van der Waals surface area contributed by atoms with E-state index in [1.165, 1.54) is 0 Å². The molecule has 5 nitrogen and oxygen atoms in total. The molecule has 1 unspecified atom stereocenters. The molecule has 2 N–H and O–H groups in total. The van der Waals surface area contributed by atoms with Crippen molar-refractivity contribution >= 4 is 5.91 Å². The number of nitrogens with zero attached hydrogens (tertiary/aromatic N) is 1. The zero-order valence-corrected chi connectivity index (χ0v) is 15.8. The van der Waals surface area contributed by atoms with Gasteiger partial charge in [-0.1, -0.05) is 13.8 Å². The molecule has 0 aromatic heterocycles. The van der Waals surface area contributed by atoms with Crippen LogP contribution in [-0.4, -0.2) is 51.0 Å². The molecule has 134 valence electrons. The Hall–Kier alpha value is -0.650. The van der Waals surface area contributed by atoms with Crippen molar-refractivity contribution in [1.29, 1.82) is 0 Å². The zero-order chi connectivity index (χ0) is 17.7. The maximum absolute atomic E-state index is 12.9. The molecule has 0 saturated carbocycles. The van der Waals surface area contributed by atoms with Crippen LogP contribution in [0, 0.1) is 0 Å². The number of carbonyl (C=O) groups is 1. The Kier molecular flexibility index (Phi) is 4.64. The number of hydrogen-bond donors (Lipinski definition) is 2. The summed E-state index contributed by atoms with van der Waals surface area (Å²) in [6.07, 6.45) is 2.43. The van der Waals surface area contributed by atoms with Crippen LogP contribution in [0.15, 0.2) is 0 Å². The number of rotatable bonds is 4. The van der Waals surface area contributed by atoms with E-state index >= 15 is 0 Å². The van der Waals surface area contributed by atoms with E-state index in [1.807, 2.05) is 6.92 Å². The summed E-state index contributed by atoms with van der Waals surface area (Å²) in [5, 5.41) is 13.0. The molecule has 2 saturated heterocycles. The van der Waals surface area contributed by atoms with Crippen LogP contribution in [0.1, 0.15) is 74.1 Å². The van der Waals surface area contributed by atoms with Crippen LogP contribution in [0.4, 0.5) is 0 Å². The third kappa shape index (κ3) is 3.15.